The highest BCUT2D eigenvalue weighted by Crippen LogP contribution is 2.37. The van der Waals surface area contributed by atoms with Crippen molar-refractivity contribution in [2.45, 2.75) is 26.3 Å². The highest BCUT2D eigenvalue weighted by molar-refractivity contribution is 9.10. The lowest BCUT2D eigenvalue weighted by molar-refractivity contribution is 0.590. The summed E-state index contributed by atoms with van der Waals surface area (Å²) in [5.74, 6) is -0.204. The molecule has 0 aliphatic heterocycles. The highest BCUT2D eigenvalue weighted by atomic mass is 79.9. The van der Waals surface area contributed by atoms with E-state index in [4.69, 9.17) is 11.6 Å². The SMILES string of the molecule is CCCNC(c1cc(C)cc(F)c1)c1cc(Br)c(Cl)s1. The van der Waals surface area contributed by atoms with Crippen LogP contribution in [0.4, 0.5) is 4.39 Å². The van der Waals surface area contributed by atoms with Gasteiger partial charge in [-0.25, -0.2) is 4.39 Å². The Balaban J connectivity index is 2.40. The second kappa shape index (κ2) is 7.03. The Labute approximate surface area is 136 Å². The predicted octanol–water partition coefficient (Wildman–Crippen LogP) is 5.70. The summed E-state index contributed by atoms with van der Waals surface area (Å²) in [6, 6.07) is 7.11. The van der Waals surface area contributed by atoms with Crippen LogP contribution in [0.1, 0.15) is 35.4 Å². The maximum atomic E-state index is 13.7. The number of rotatable bonds is 5. The Morgan fingerprint density at radius 2 is 2.10 bits per heavy atom. The molecule has 0 spiro atoms. The fraction of sp³-hybridized carbons (Fsp3) is 0.333. The standard InChI is InChI=1S/C15H16BrClFNS/c1-3-4-19-14(13-8-12(16)15(17)20-13)10-5-9(2)6-11(18)7-10/h5-8,14,19H,3-4H2,1-2H3. The van der Waals surface area contributed by atoms with Crippen molar-refractivity contribution in [3.8, 4) is 0 Å². The first kappa shape index (κ1) is 16.0. The van der Waals surface area contributed by atoms with Crippen molar-refractivity contribution >= 4 is 38.9 Å². The molecular formula is C15H16BrClFNS. The van der Waals surface area contributed by atoms with Crippen LogP contribution < -0.4 is 5.32 Å². The topological polar surface area (TPSA) is 12.0 Å². The molecule has 0 saturated heterocycles. The van der Waals surface area contributed by atoms with Crippen LogP contribution in [0, 0.1) is 12.7 Å². The molecule has 0 bridgehead atoms. The number of halogens is 3. The maximum absolute atomic E-state index is 13.7. The zero-order valence-electron chi connectivity index (χ0n) is 11.3. The van der Waals surface area contributed by atoms with Gasteiger partial charge in [-0.3, -0.25) is 0 Å². The molecule has 0 fully saturated rings. The average molecular weight is 377 g/mol. The number of thiophene rings is 1. The quantitative estimate of drug-likeness (QED) is 0.705. The van der Waals surface area contributed by atoms with Gasteiger partial charge in [-0.05, 0) is 65.1 Å². The summed E-state index contributed by atoms with van der Waals surface area (Å²) in [6.07, 6.45) is 1.02. The van der Waals surface area contributed by atoms with Crippen molar-refractivity contribution in [2.75, 3.05) is 6.54 Å². The van der Waals surface area contributed by atoms with E-state index in [1.807, 2.05) is 19.1 Å². The minimum absolute atomic E-state index is 0.0295. The molecule has 0 aliphatic carbocycles. The highest BCUT2D eigenvalue weighted by Gasteiger charge is 2.18. The lowest BCUT2D eigenvalue weighted by atomic mass is 10.0. The van der Waals surface area contributed by atoms with E-state index >= 15 is 0 Å². The first-order chi connectivity index (χ1) is 9.51. The molecule has 2 rings (SSSR count). The zero-order valence-corrected chi connectivity index (χ0v) is 14.5. The molecular weight excluding hydrogens is 361 g/mol. The number of nitrogens with one attached hydrogen (secondary N) is 1. The van der Waals surface area contributed by atoms with Crippen LogP contribution in [0.5, 0.6) is 0 Å². The fourth-order valence-electron chi connectivity index (χ4n) is 2.11. The third kappa shape index (κ3) is 3.82. The van der Waals surface area contributed by atoms with Crippen molar-refractivity contribution in [3.63, 3.8) is 0 Å². The lowest BCUT2D eigenvalue weighted by Crippen LogP contribution is -2.22. The molecule has 1 aromatic heterocycles. The van der Waals surface area contributed by atoms with E-state index in [9.17, 15) is 4.39 Å². The van der Waals surface area contributed by atoms with Gasteiger partial charge in [0.2, 0.25) is 0 Å². The molecule has 20 heavy (non-hydrogen) atoms. The molecule has 0 amide bonds. The summed E-state index contributed by atoms with van der Waals surface area (Å²) < 4.78 is 15.3. The second-order valence-corrected chi connectivity index (χ2v) is 7.26. The van der Waals surface area contributed by atoms with E-state index < -0.39 is 0 Å². The van der Waals surface area contributed by atoms with E-state index in [-0.39, 0.29) is 11.9 Å². The van der Waals surface area contributed by atoms with Crippen molar-refractivity contribution in [3.05, 3.63) is 54.9 Å². The summed E-state index contributed by atoms with van der Waals surface area (Å²) in [6.45, 7) is 4.88. The minimum atomic E-state index is -0.204. The number of hydrogen-bond donors (Lipinski definition) is 1. The van der Waals surface area contributed by atoms with Gasteiger partial charge in [0.1, 0.15) is 10.2 Å². The number of aryl methyl sites for hydroxylation is 1. The number of benzene rings is 1. The van der Waals surface area contributed by atoms with E-state index in [1.165, 1.54) is 17.4 Å². The molecule has 5 heteroatoms. The minimum Gasteiger partial charge on any atom is -0.306 e. The van der Waals surface area contributed by atoms with Crippen molar-refractivity contribution in [1.82, 2.24) is 5.32 Å². The fourth-order valence-corrected chi connectivity index (χ4v) is 3.95. The smallest absolute Gasteiger partial charge is 0.123 e. The van der Waals surface area contributed by atoms with Gasteiger partial charge >= 0.3 is 0 Å². The summed E-state index contributed by atoms with van der Waals surface area (Å²) >= 11 is 11.1. The van der Waals surface area contributed by atoms with Crippen LogP contribution in [-0.4, -0.2) is 6.54 Å². The number of hydrogen-bond acceptors (Lipinski definition) is 2. The Hall–Kier alpha value is -0.420. The van der Waals surface area contributed by atoms with Gasteiger partial charge in [0.15, 0.2) is 0 Å². The van der Waals surface area contributed by atoms with Crippen molar-refractivity contribution < 1.29 is 4.39 Å². The zero-order chi connectivity index (χ0) is 14.7. The van der Waals surface area contributed by atoms with Gasteiger partial charge in [-0.2, -0.15) is 0 Å². The first-order valence-corrected chi connectivity index (χ1v) is 8.45. The monoisotopic (exact) mass is 375 g/mol. The summed E-state index contributed by atoms with van der Waals surface area (Å²) in [7, 11) is 0. The molecule has 0 saturated carbocycles. The Kier molecular flexibility index (Phi) is 5.61. The average Bonchev–Trinajstić information content (AvgIpc) is 2.69. The maximum Gasteiger partial charge on any atom is 0.123 e. The molecule has 1 N–H and O–H groups in total. The van der Waals surface area contributed by atoms with Crippen LogP contribution >= 0.6 is 38.9 Å². The third-order valence-corrected chi connectivity index (χ3v) is 5.48. The normalized spacial score (nSPS) is 12.7. The Morgan fingerprint density at radius 3 is 2.65 bits per heavy atom. The van der Waals surface area contributed by atoms with E-state index in [0.717, 1.165) is 37.8 Å². The Morgan fingerprint density at radius 1 is 1.35 bits per heavy atom. The van der Waals surface area contributed by atoms with Gasteiger partial charge in [0.05, 0.1) is 6.04 Å². The van der Waals surface area contributed by atoms with Crippen LogP contribution in [0.25, 0.3) is 0 Å². The second-order valence-electron chi connectivity index (χ2n) is 4.72. The largest absolute Gasteiger partial charge is 0.306 e. The van der Waals surface area contributed by atoms with Crippen LogP contribution in [0.2, 0.25) is 4.34 Å². The van der Waals surface area contributed by atoms with E-state index in [2.05, 4.69) is 28.2 Å². The molecule has 1 unspecified atom stereocenters. The van der Waals surface area contributed by atoms with Gasteiger partial charge in [-0.15, -0.1) is 11.3 Å². The van der Waals surface area contributed by atoms with Gasteiger partial charge in [0.25, 0.3) is 0 Å². The molecule has 1 heterocycles. The lowest BCUT2D eigenvalue weighted by Gasteiger charge is -2.18. The van der Waals surface area contributed by atoms with Gasteiger partial charge in [0, 0.05) is 9.35 Å². The summed E-state index contributed by atoms with van der Waals surface area (Å²) in [5, 5.41) is 3.46. The molecule has 1 atom stereocenters. The van der Waals surface area contributed by atoms with Crippen LogP contribution in [-0.2, 0) is 0 Å². The molecule has 2 aromatic rings. The Bertz CT molecular complexity index is 560. The van der Waals surface area contributed by atoms with Crippen LogP contribution in [0.15, 0.2) is 28.7 Å². The predicted molar refractivity (Wildman–Crippen MR) is 88.3 cm³/mol. The molecule has 108 valence electrons. The summed E-state index contributed by atoms with van der Waals surface area (Å²) in [5.41, 5.74) is 1.85. The van der Waals surface area contributed by atoms with Crippen molar-refractivity contribution in [1.29, 1.82) is 0 Å². The van der Waals surface area contributed by atoms with Crippen molar-refractivity contribution in [2.24, 2.45) is 0 Å². The van der Waals surface area contributed by atoms with Gasteiger partial charge < -0.3 is 5.32 Å². The van der Waals surface area contributed by atoms with E-state index in [0.29, 0.717) is 0 Å². The van der Waals surface area contributed by atoms with Crippen LogP contribution in [0.3, 0.4) is 0 Å². The molecule has 0 radical (unpaired) electrons. The first-order valence-electron chi connectivity index (χ1n) is 6.46. The molecule has 1 nitrogen and oxygen atoms in total. The molecule has 0 aliphatic rings. The summed E-state index contributed by atoms with van der Waals surface area (Å²) in [4.78, 5) is 1.08. The van der Waals surface area contributed by atoms with E-state index in [1.54, 1.807) is 6.07 Å². The van der Waals surface area contributed by atoms with Gasteiger partial charge in [-0.1, -0.05) is 24.6 Å². The third-order valence-electron chi connectivity index (χ3n) is 2.94. The molecule has 1 aromatic carbocycles.